The van der Waals surface area contributed by atoms with Crippen LogP contribution in [0.15, 0.2) is 58.0 Å². The third kappa shape index (κ3) is 4.06. The summed E-state index contributed by atoms with van der Waals surface area (Å²) in [5.41, 5.74) is 4.59. The Labute approximate surface area is 191 Å². The molecule has 6 nitrogen and oxygen atoms in total. The Bertz CT molecular complexity index is 1350. The normalized spacial score (nSPS) is 12.1. The molecule has 0 fully saturated rings. The quantitative estimate of drug-likeness (QED) is 0.391. The molecule has 1 atom stereocenters. The highest BCUT2D eigenvalue weighted by Gasteiger charge is 2.20. The average Bonchev–Trinajstić information content (AvgIpc) is 2.77. The molecule has 0 aliphatic heterocycles. The van der Waals surface area contributed by atoms with Crippen LogP contribution in [-0.2, 0) is 0 Å². The van der Waals surface area contributed by atoms with Gasteiger partial charge in [0, 0.05) is 43.2 Å². The molecule has 0 saturated carbocycles. The van der Waals surface area contributed by atoms with Gasteiger partial charge in [0.2, 0.25) is 0 Å². The van der Waals surface area contributed by atoms with Crippen molar-refractivity contribution in [3.63, 3.8) is 0 Å². The zero-order valence-corrected chi connectivity index (χ0v) is 19.5. The van der Waals surface area contributed by atoms with Crippen LogP contribution in [0.4, 0.5) is 11.5 Å². The number of benzene rings is 1. The van der Waals surface area contributed by atoms with Crippen LogP contribution < -0.4 is 15.6 Å². The maximum Gasteiger partial charge on any atom is 0.196 e. The van der Waals surface area contributed by atoms with E-state index in [4.69, 9.17) is 16.0 Å². The standard InChI is InChI=1S/C25H25ClN4O2/c1-14-11-18(16(3)28-20-8-9-21(26)29-25(20)30(4)5)24-19(12-14)22(31)15(2)23(32-24)17-7-6-10-27-13-17/h6-13,16,28H,1-5H3. The van der Waals surface area contributed by atoms with Gasteiger partial charge in [-0.15, -0.1) is 0 Å². The summed E-state index contributed by atoms with van der Waals surface area (Å²) < 4.78 is 6.37. The van der Waals surface area contributed by atoms with E-state index in [1.165, 1.54) is 0 Å². The SMILES string of the molecule is Cc1cc(C(C)Nc2ccc(Cl)nc2N(C)C)c2oc(-c3cccnc3)c(C)c(=O)c2c1. The number of aromatic nitrogens is 2. The van der Waals surface area contributed by atoms with Gasteiger partial charge in [-0.05, 0) is 56.7 Å². The first kappa shape index (κ1) is 21.8. The first-order valence-corrected chi connectivity index (χ1v) is 10.7. The number of nitrogens with one attached hydrogen (secondary N) is 1. The predicted octanol–water partition coefficient (Wildman–Crippen LogP) is 5.76. The van der Waals surface area contributed by atoms with E-state index in [2.05, 4.69) is 15.3 Å². The van der Waals surface area contributed by atoms with E-state index in [1.807, 2.05) is 63.2 Å². The molecule has 0 aliphatic rings. The van der Waals surface area contributed by atoms with Crippen molar-refractivity contribution in [1.29, 1.82) is 0 Å². The molecular formula is C25H25ClN4O2. The second-order valence-corrected chi connectivity index (χ2v) is 8.51. The summed E-state index contributed by atoms with van der Waals surface area (Å²) in [6.07, 6.45) is 3.40. The summed E-state index contributed by atoms with van der Waals surface area (Å²) in [6, 6.07) is 11.1. The maximum atomic E-state index is 13.3. The number of nitrogens with zero attached hydrogens (tertiary/aromatic N) is 3. The van der Waals surface area contributed by atoms with Crippen LogP contribution in [0, 0.1) is 13.8 Å². The molecule has 0 saturated heterocycles. The molecule has 4 aromatic rings. The molecular weight excluding hydrogens is 424 g/mol. The third-order valence-electron chi connectivity index (χ3n) is 5.42. The lowest BCUT2D eigenvalue weighted by Crippen LogP contribution is -2.16. The lowest BCUT2D eigenvalue weighted by Gasteiger charge is -2.22. The minimum absolute atomic E-state index is 0.0376. The minimum Gasteiger partial charge on any atom is -0.455 e. The van der Waals surface area contributed by atoms with Crippen molar-refractivity contribution in [3.8, 4) is 11.3 Å². The second kappa shape index (κ2) is 8.63. The highest BCUT2D eigenvalue weighted by atomic mass is 35.5. The van der Waals surface area contributed by atoms with Crippen LogP contribution >= 0.6 is 11.6 Å². The van der Waals surface area contributed by atoms with Crippen LogP contribution in [0.2, 0.25) is 5.15 Å². The lowest BCUT2D eigenvalue weighted by molar-refractivity contribution is 0.605. The summed E-state index contributed by atoms with van der Waals surface area (Å²) in [7, 11) is 3.83. The largest absolute Gasteiger partial charge is 0.455 e. The number of aryl methyl sites for hydroxylation is 1. The van der Waals surface area contributed by atoms with Gasteiger partial charge in [0.15, 0.2) is 11.2 Å². The van der Waals surface area contributed by atoms with Crippen molar-refractivity contribution < 1.29 is 4.42 Å². The zero-order chi connectivity index (χ0) is 23.0. The number of rotatable bonds is 5. The van der Waals surface area contributed by atoms with E-state index in [0.29, 0.717) is 27.4 Å². The first-order valence-electron chi connectivity index (χ1n) is 10.3. The zero-order valence-electron chi connectivity index (χ0n) is 18.7. The molecule has 3 aromatic heterocycles. The molecule has 0 bridgehead atoms. The number of hydrogen-bond donors (Lipinski definition) is 1. The molecule has 1 unspecified atom stereocenters. The fourth-order valence-corrected chi connectivity index (χ4v) is 3.99. The van der Waals surface area contributed by atoms with Crippen LogP contribution in [0.1, 0.15) is 29.7 Å². The van der Waals surface area contributed by atoms with Crippen molar-refractivity contribution in [2.75, 3.05) is 24.3 Å². The first-order chi connectivity index (χ1) is 15.3. The van der Waals surface area contributed by atoms with Crippen LogP contribution in [0.5, 0.6) is 0 Å². The van der Waals surface area contributed by atoms with Gasteiger partial charge in [-0.3, -0.25) is 9.78 Å². The van der Waals surface area contributed by atoms with Gasteiger partial charge in [-0.25, -0.2) is 4.98 Å². The third-order valence-corrected chi connectivity index (χ3v) is 5.63. The van der Waals surface area contributed by atoms with E-state index in [1.54, 1.807) is 25.4 Å². The van der Waals surface area contributed by atoms with Gasteiger partial charge in [0.05, 0.1) is 17.1 Å². The maximum absolute atomic E-state index is 13.3. The van der Waals surface area contributed by atoms with Crippen molar-refractivity contribution in [2.24, 2.45) is 0 Å². The molecule has 7 heteroatoms. The molecule has 32 heavy (non-hydrogen) atoms. The Morgan fingerprint density at radius 2 is 1.94 bits per heavy atom. The van der Waals surface area contributed by atoms with E-state index < -0.39 is 0 Å². The molecule has 1 aromatic carbocycles. The monoisotopic (exact) mass is 448 g/mol. The van der Waals surface area contributed by atoms with Gasteiger partial charge < -0.3 is 14.6 Å². The molecule has 0 radical (unpaired) electrons. The highest BCUT2D eigenvalue weighted by Crippen LogP contribution is 2.33. The van der Waals surface area contributed by atoms with Crippen molar-refractivity contribution in [3.05, 3.63) is 80.9 Å². The Hall–Kier alpha value is -3.38. The molecule has 3 heterocycles. The van der Waals surface area contributed by atoms with Gasteiger partial charge in [0.1, 0.15) is 16.5 Å². The van der Waals surface area contributed by atoms with Crippen molar-refractivity contribution in [1.82, 2.24) is 9.97 Å². The van der Waals surface area contributed by atoms with Crippen LogP contribution in [-0.4, -0.2) is 24.1 Å². The smallest absolute Gasteiger partial charge is 0.196 e. The van der Waals surface area contributed by atoms with E-state index in [9.17, 15) is 4.79 Å². The Balaban J connectivity index is 1.87. The van der Waals surface area contributed by atoms with Gasteiger partial charge in [0.25, 0.3) is 0 Å². The highest BCUT2D eigenvalue weighted by molar-refractivity contribution is 6.29. The molecule has 1 N–H and O–H groups in total. The summed E-state index contributed by atoms with van der Waals surface area (Å²) >= 11 is 6.10. The Morgan fingerprint density at radius 1 is 1.16 bits per heavy atom. The van der Waals surface area contributed by atoms with Crippen molar-refractivity contribution in [2.45, 2.75) is 26.8 Å². The number of halogens is 1. The van der Waals surface area contributed by atoms with Gasteiger partial charge in [-0.1, -0.05) is 17.7 Å². The fourth-order valence-electron chi connectivity index (χ4n) is 3.85. The number of fused-ring (bicyclic) bond motifs is 1. The molecule has 0 spiro atoms. The molecule has 0 aliphatic carbocycles. The van der Waals surface area contributed by atoms with Crippen molar-refractivity contribution >= 4 is 34.1 Å². The summed E-state index contributed by atoms with van der Waals surface area (Å²) in [5, 5.41) is 4.51. The number of hydrogen-bond acceptors (Lipinski definition) is 6. The molecule has 164 valence electrons. The minimum atomic E-state index is -0.160. The van der Waals surface area contributed by atoms with E-state index in [0.717, 1.165) is 28.2 Å². The predicted molar refractivity (Wildman–Crippen MR) is 131 cm³/mol. The van der Waals surface area contributed by atoms with Gasteiger partial charge in [-0.2, -0.15) is 0 Å². The number of anilines is 2. The molecule has 4 rings (SSSR count). The second-order valence-electron chi connectivity index (χ2n) is 8.12. The molecule has 0 amide bonds. The van der Waals surface area contributed by atoms with Crippen LogP contribution in [0.25, 0.3) is 22.3 Å². The van der Waals surface area contributed by atoms with E-state index in [-0.39, 0.29) is 11.5 Å². The average molecular weight is 449 g/mol. The topological polar surface area (TPSA) is 71.3 Å². The van der Waals surface area contributed by atoms with E-state index >= 15 is 0 Å². The Morgan fingerprint density at radius 3 is 2.62 bits per heavy atom. The summed E-state index contributed by atoms with van der Waals surface area (Å²) in [5.74, 6) is 1.27. The Kier molecular flexibility index (Phi) is 5.89. The van der Waals surface area contributed by atoms with Gasteiger partial charge >= 0.3 is 0 Å². The fraction of sp³-hybridized carbons (Fsp3) is 0.240. The summed E-state index contributed by atoms with van der Waals surface area (Å²) in [4.78, 5) is 23.8. The van der Waals surface area contributed by atoms with Crippen LogP contribution in [0.3, 0.4) is 0 Å². The summed E-state index contributed by atoms with van der Waals surface area (Å²) in [6.45, 7) is 5.81. The lowest BCUT2D eigenvalue weighted by atomic mass is 9.99. The number of pyridine rings is 2.